The van der Waals surface area contributed by atoms with Gasteiger partial charge in [0.2, 0.25) is 0 Å². The van der Waals surface area contributed by atoms with Gasteiger partial charge in [0, 0.05) is 37.9 Å². The summed E-state index contributed by atoms with van der Waals surface area (Å²) in [5.74, 6) is 0.965. The third-order valence-electron chi connectivity index (χ3n) is 5.00. The molecule has 1 aliphatic heterocycles. The van der Waals surface area contributed by atoms with Gasteiger partial charge in [-0.25, -0.2) is 10.5 Å². The number of hydroxylamine groups is 1. The predicted molar refractivity (Wildman–Crippen MR) is 98.6 cm³/mol. The van der Waals surface area contributed by atoms with Crippen LogP contribution >= 0.6 is 11.6 Å². The molecule has 0 unspecified atom stereocenters. The number of rotatable bonds is 6. The largest absolute Gasteiger partial charge is 0.365 e. The van der Waals surface area contributed by atoms with Gasteiger partial charge in [0.1, 0.15) is 5.82 Å². The van der Waals surface area contributed by atoms with Crippen molar-refractivity contribution in [2.75, 3.05) is 25.0 Å². The van der Waals surface area contributed by atoms with Crippen molar-refractivity contribution in [3.05, 3.63) is 28.9 Å². The SMILES string of the molecule is O=C(C=Cc1cnc(N[C@@H]2CCN(CC3CCCC3)C2)c(Cl)c1)NO. The molecule has 0 spiro atoms. The summed E-state index contributed by atoms with van der Waals surface area (Å²) in [5, 5.41) is 12.4. The summed E-state index contributed by atoms with van der Waals surface area (Å²) < 4.78 is 0. The number of halogens is 1. The number of hydrogen-bond acceptors (Lipinski definition) is 5. The number of likely N-dealkylation sites (tertiary alicyclic amines) is 1. The molecule has 25 heavy (non-hydrogen) atoms. The number of hydrogen-bond donors (Lipinski definition) is 3. The van der Waals surface area contributed by atoms with Gasteiger partial charge in [-0.1, -0.05) is 24.4 Å². The highest BCUT2D eigenvalue weighted by Gasteiger charge is 2.26. The minimum absolute atomic E-state index is 0.368. The second kappa shape index (κ2) is 8.65. The van der Waals surface area contributed by atoms with Gasteiger partial charge < -0.3 is 10.2 Å². The first kappa shape index (κ1) is 18.2. The van der Waals surface area contributed by atoms with Crippen molar-refractivity contribution < 1.29 is 10.0 Å². The molecular weight excluding hydrogens is 340 g/mol. The lowest BCUT2D eigenvalue weighted by Crippen LogP contribution is -2.30. The number of carbonyl (C=O) groups excluding carboxylic acids is 1. The third kappa shape index (κ3) is 5.17. The van der Waals surface area contributed by atoms with Gasteiger partial charge in [-0.15, -0.1) is 0 Å². The van der Waals surface area contributed by atoms with Crippen molar-refractivity contribution in [1.82, 2.24) is 15.4 Å². The van der Waals surface area contributed by atoms with Crippen LogP contribution in [0.15, 0.2) is 18.3 Å². The Labute approximate surface area is 153 Å². The lowest BCUT2D eigenvalue weighted by molar-refractivity contribution is -0.124. The van der Waals surface area contributed by atoms with Crippen LogP contribution in [0.3, 0.4) is 0 Å². The number of amides is 1. The number of anilines is 1. The van der Waals surface area contributed by atoms with Crippen LogP contribution in [0.1, 0.15) is 37.7 Å². The summed E-state index contributed by atoms with van der Waals surface area (Å²) in [5.41, 5.74) is 2.25. The topological polar surface area (TPSA) is 77.5 Å². The molecule has 2 heterocycles. The van der Waals surface area contributed by atoms with E-state index in [4.69, 9.17) is 16.8 Å². The number of carbonyl (C=O) groups is 1. The minimum Gasteiger partial charge on any atom is -0.365 e. The average Bonchev–Trinajstić information content (AvgIpc) is 3.27. The Morgan fingerprint density at radius 2 is 2.20 bits per heavy atom. The Morgan fingerprint density at radius 3 is 2.92 bits per heavy atom. The minimum atomic E-state index is -0.591. The molecule has 1 aliphatic carbocycles. The molecule has 0 bridgehead atoms. The molecule has 6 nitrogen and oxygen atoms in total. The van der Waals surface area contributed by atoms with Gasteiger partial charge in [0.15, 0.2) is 0 Å². The third-order valence-corrected chi connectivity index (χ3v) is 5.29. The van der Waals surface area contributed by atoms with Crippen LogP contribution in [0.2, 0.25) is 5.02 Å². The Hall–Kier alpha value is -1.63. The van der Waals surface area contributed by atoms with E-state index in [-0.39, 0.29) is 0 Å². The molecule has 1 amide bonds. The number of nitrogens with zero attached hydrogens (tertiary/aromatic N) is 2. The summed E-state index contributed by atoms with van der Waals surface area (Å²) >= 11 is 6.31. The van der Waals surface area contributed by atoms with E-state index in [1.807, 2.05) is 0 Å². The average molecular weight is 365 g/mol. The molecule has 1 saturated heterocycles. The van der Waals surface area contributed by atoms with Crippen molar-refractivity contribution in [2.45, 2.75) is 38.1 Å². The number of pyridine rings is 1. The molecule has 0 aromatic carbocycles. The van der Waals surface area contributed by atoms with E-state index in [1.165, 1.54) is 38.3 Å². The maximum absolute atomic E-state index is 11.0. The number of nitrogens with one attached hydrogen (secondary N) is 2. The van der Waals surface area contributed by atoms with E-state index in [0.29, 0.717) is 22.4 Å². The van der Waals surface area contributed by atoms with E-state index in [9.17, 15) is 4.79 Å². The summed E-state index contributed by atoms with van der Waals surface area (Å²) in [7, 11) is 0. The van der Waals surface area contributed by atoms with Gasteiger partial charge >= 0.3 is 0 Å². The molecule has 0 radical (unpaired) electrons. The zero-order chi connectivity index (χ0) is 17.6. The standard InChI is InChI=1S/C18H25ClN4O2/c19-16-9-14(5-6-17(24)22-25)10-20-18(16)21-15-7-8-23(12-15)11-13-3-1-2-4-13/h5-6,9-10,13,15,25H,1-4,7-8,11-12H2,(H,20,21)(H,22,24)/t15-/m1/s1. The summed E-state index contributed by atoms with van der Waals surface area (Å²) in [6, 6.07) is 2.12. The van der Waals surface area contributed by atoms with Crippen LogP contribution in [-0.4, -0.2) is 46.7 Å². The Balaban J connectivity index is 1.52. The van der Waals surface area contributed by atoms with Crippen molar-refractivity contribution in [3.63, 3.8) is 0 Å². The Morgan fingerprint density at radius 1 is 1.40 bits per heavy atom. The van der Waals surface area contributed by atoms with Crippen molar-refractivity contribution >= 4 is 29.4 Å². The first-order valence-electron chi connectivity index (χ1n) is 8.90. The molecule has 1 atom stereocenters. The predicted octanol–water partition coefficient (Wildman–Crippen LogP) is 2.93. The fraction of sp³-hybridized carbons (Fsp3) is 0.556. The quantitative estimate of drug-likeness (QED) is 0.411. The molecular formula is C18H25ClN4O2. The van der Waals surface area contributed by atoms with E-state index in [0.717, 1.165) is 25.4 Å². The van der Waals surface area contributed by atoms with E-state index in [2.05, 4.69) is 15.2 Å². The first-order chi connectivity index (χ1) is 12.1. The molecule has 3 N–H and O–H groups in total. The summed E-state index contributed by atoms with van der Waals surface area (Å²) in [6.07, 6.45) is 11.1. The van der Waals surface area contributed by atoms with Crippen molar-refractivity contribution in [1.29, 1.82) is 0 Å². The van der Waals surface area contributed by atoms with E-state index < -0.39 is 5.91 Å². The van der Waals surface area contributed by atoms with Crippen LogP contribution in [0.25, 0.3) is 6.08 Å². The van der Waals surface area contributed by atoms with E-state index >= 15 is 0 Å². The maximum atomic E-state index is 11.0. The summed E-state index contributed by atoms with van der Waals surface area (Å²) in [6.45, 7) is 3.38. The van der Waals surface area contributed by atoms with Crippen LogP contribution < -0.4 is 10.8 Å². The molecule has 2 fully saturated rings. The molecule has 2 aliphatic rings. The second-order valence-electron chi connectivity index (χ2n) is 6.95. The van der Waals surface area contributed by atoms with Gasteiger partial charge in [-0.05, 0) is 42.9 Å². The molecule has 1 aromatic heterocycles. The fourth-order valence-electron chi connectivity index (χ4n) is 3.73. The normalized spacial score (nSPS) is 21.9. The molecule has 1 aromatic rings. The zero-order valence-electron chi connectivity index (χ0n) is 14.2. The zero-order valence-corrected chi connectivity index (χ0v) is 15.0. The summed E-state index contributed by atoms with van der Waals surface area (Å²) in [4.78, 5) is 17.9. The first-order valence-corrected chi connectivity index (χ1v) is 9.28. The van der Waals surface area contributed by atoms with Gasteiger partial charge in [-0.2, -0.15) is 0 Å². The van der Waals surface area contributed by atoms with Crippen LogP contribution in [0, 0.1) is 5.92 Å². The van der Waals surface area contributed by atoms with Crippen LogP contribution in [0.4, 0.5) is 5.82 Å². The molecule has 136 valence electrons. The lowest BCUT2D eigenvalue weighted by atomic mass is 10.1. The molecule has 1 saturated carbocycles. The highest BCUT2D eigenvalue weighted by molar-refractivity contribution is 6.33. The fourth-order valence-corrected chi connectivity index (χ4v) is 3.96. The van der Waals surface area contributed by atoms with Crippen LogP contribution in [0.5, 0.6) is 0 Å². The Kier molecular flexibility index (Phi) is 6.29. The van der Waals surface area contributed by atoms with Crippen LogP contribution in [-0.2, 0) is 4.79 Å². The lowest BCUT2D eigenvalue weighted by Gasteiger charge is -2.20. The van der Waals surface area contributed by atoms with E-state index in [1.54, 1.807) is 23.8 Å². The maximum Gasteiger partial charge on any atom is 0.267 e. The highest BCUT2D eigenvalue weighted by atomic mass is 35.5. The van der Waals surface area contributed by atoms with Gasteiger partial charge in [0.25, 0.3) is 5.91 Å². The molecule has 7 heteroatoms. The highest BCUT2D eigenvalue weighted by Crippen LogP contribution is 2.28. The Bertz CT molecular complexity index is 632. The monoisotopic (exact) mass is 364 g/mol. The number of aromatic nitrogens is 1. The van der Waals surface area contributed by atoms with Gasteiger partial charge in [0.05, 0.1) is 5.02 Å². The van der Waals surface area contributed by atoms with Crippen molar-refractivity contribution in [3.8, 4) is 0 Å². The molecule has 3 rings (SSSR count). The van der Waals surface area contributed by atoms with Gasteiger partial charge in [-0.3, -0.25) is 10.0 Å². The second-order valence-corrected chi connectivity index (χ2v) is 7.36. The smallest absolute Gasteiger partial charge is 0.267 e. The van der Waals surface area contributed by atoms with Crippen molar-refractivity contribution in [2.24, 2.45) is 5.92 Å².